The molecule has 0 saturated carbocycles. The van der Waals surface area contributed by atoms with Crippen LogP contribution in [0.25, 0.3) is 5.69 Å². The van der Waals surface area contributed by atoms with Gasteiger partial charge in [0.25, 0.3) is 0 Å². The lowest BCUT2D eigenvalue weighted by Gasteiger charge is -2.00. The van der Waals surface area contributed by atoms with Crippen LogP contribution in [-0.4, -0.2) is 10.8 Å². The molecular weight excluding hydrogens is 324 g/mol. The minimum absolute atomic E-state index is 0.938. The molecule has 104 valence electrons. The number of benzene rings is 2. The predicted molar refractivity (Wildman–Crippen MR) is 91.9 cm³/mol. The zero-order valence-corrected chi connectivity index (χ0v) is 13.3. The molecule has 3 rings (SSSR count). The third-order valence-electron chi connectivity index (χ3n) is 3.23. The van der Waals surface area contributed by atoms with Crippen LogP contribution < -0.4 is 0 Å². The maximum absolute atomic E-state index is 4.54. The summed E-state index contributed by atoms with van der Waals surface area (Å²) in [6.07, 6.45) is 6.00. The van der Waals surface area contributed by atoms with Crippen molar-refractivity contribution < 1.29 is 0 Å². The van der Waals surface area contributed by atoms with E-state index in [1.165, 1.54) is 5.56 Å². The van der Waals surface area contributed by atoms with Crippen molar-refractivity contribution in [1.82, 2.24) is 4.57 Å². The van der Waals surface area contributed by atoms with E-state index in [1.807, 2.05) is 36.7 Å². The standard InChI is InChI=1S/C18H15BrN2/c1-14-7-8-18(17(19)11-14)20-12-15-9-10-21(13-15)16-5-3-2-4-6-16/h2-13H,1H3. The molecule has 2 nitrogen and oxygen atoms in total. The highest BCUT2D eigenvalue weighted by atomic mass is 79.9. The minimum Gasteiger partial charge on any atom is -0.323 e. The second-order valence-corrected chi connectivity index (χ2v) is 5.76. The highest BCUT2D eigenvalue weighted by Gasteiger charge is 1.99. The van der Waals surface area contributed by atoms with Gasteiger partial charge >= 0.3 is 0 Å². The molecular formula is C18H15BrN2. The molecule has 0 unspecified atom stereocenters. The van der Waals surface area contributed by atoms with Gasteiger partial charge < -0.3 is 4.57 Å². The Kier molecular flexibility index (Phi) is 4.02. The van der Waals surface area contributed by atoms with Gasteiger partial charge in [-0.1, -0.05) is 24.3 Å². The summed E-state index contributed by atoms with van der Waals surface area (Å²) in [6, 6.07) is 18.5. The van der Waals surface area contributed by atoms with E-state index in [4.69, 9.17) is 0 Å². The van der Waals surface area contributed by atoms with Crippen molar-refractivity contribution >= 4 is 27.8 Å². The number of halogens is 1. The molecule has 3 aromatic rings. The van der Waals surface area contributed by atoms with Crippen LogP contribution in [0.4, 0.5) is 5.69 Å². The molecule has 0 spiro atoms. The van der Waals surface area contributed by atoms with Crippen LogP contribution in [0.15, 0.2) is 76.5 Å². The lowest BCUT2D eigenvalue weighted by atomic mass is 10.2. The minimum atomic E-state index is 0.938. The van der Waals surface area contributed by atoms with Gasteiger partial charge in [-0.05, 0) is 58.7 Å². The SMILES string of the molecule is Cc1ccc(N=Cc2ccn(-c3ccccc3)c2)c(Br)c1. The zero-order valence-electron chi connectivity index (χ0n) is 11.7. The average Bonchev–Trinajstić information content (AvgIpc) is 2.96. The fourth-order valence-electron chi connectivity index (χ4n) is 2.11. The third kappa shape index (κ3) is 3.31. The summed E-state index contributed by atoms with van der Waals surface area (Å²) in [5, 5.41) is 0. The van der Waals surface area contributed by atoms with Crippen LogP contribution in [0.5, 0.6) is 0 Å². The van der Waals surface area contributed by atoms with Gasteiger partial charge in [0, 0.05) is 34.3 Å². The van der Waals surface area contributed by atoms with Gasteiger partial charge in [-0.3, -0.25) is 4.99 Å². The number of aliphatic imine (C=N–C) groups is 1. The summed E-state index contributed by atoms with van der Waals surface area (Å²) in [5.74, 6) is 0. The first-order chi connectivity index (χ1) is 10.2. The summed E-state index contributed by atoms with van der Waals surface area (Å²) >= 11 is 3.54. The van der Waals surface area contributed by atoms with E-state index in [1.54, 1.807) is 0 Å². The molecule has 0 fully saturated rings. The second kappa shape index (κ2) is 6.10. The molecule has 0 radical (unpaired) electrons. The first kappa shape index (κ1) is 13.8. The van der Waals surface area contributed by atoms with Crippen LogP contribution in [0.1, 0.15) is 11.1 Å². The first-order valence-corrected chi connectivity index (χ1v) is 7.55. The normalized spacial score (nSPS) is 11.1. The summed E-state index contributed by atoms with van der Waals surface area (Å²) in [7, 11) is 0. The van der Waals surface area contributed by atoms with Crippen molar-refractivity contribution in [3.63, 3.8) is 0 Å². The van der Waals surface area contributed by atoms with Crippen LogP contribution >= 0.6 is 15.9 Å². The number of hydrogen-bond donors (Lipinski definition) is 0. The molecule has 0 saturated heterocycles. The molecule has 1 heterocycles. The molecule has 0 aliphatic heterocycles. The molecule has 0 aliphatic rings. The third-order valence-corrected chi connectivity index (χ3v) is 3.86. The van der Waals surface area contributed by atoms with Crippen LogP contribution in [0.3, 0.4) is 0 Å². The van der Waals surface area contributed by atoms with E-state index in [2.05, 4.69) is 68.9 Å². The fourth-order valence-corrected chi connectivity index (χ4v) is 2.71. The Morgan fingerprint density at radius 1 is 1.05 bits per heavy atom. The molecule has 0 bridgehead atoms. The Morgan fingerprint density at radius 2 is 1.86 bits per heavy atom. The number of rotatable bonds is 3. The Labute approximate surface area is 132 Å². The average molecular weight is 339 g/mol. The van der Waals surface area contributed by atoms with Crippen molar-refractivity contribution in [1.29, 1.82) is 0 Å². The van der Waals surface area contributed by atoms with Gasteiger partial charge in [0.05, 0.1) is 5.69 Å². The maximum Gasteiger partial charge on any atom is 0.0772 e. The Hall–Kier alpha value is -2.13. The molecule has 0 aliphatic carbocycles. The van der Waals surface area contributed by atoms with E-state index in [0.717, 1.165) is 21.4 Å². The molecule has 0 amide bonds. The molecule has 3 heteroatoms. The Bertz CT molecular complexity index is 773. The summed E-state index contributed by atoms with van der Waals surface area (Å²) < 4.78 is 3.10. The second-order valence-electron chi connectivity index (χ2n) is 4.90. The van der Waals surface area contributed by atoms with Crippen LogP contribution in [0.2, 0.25) is 0 Å². The lowest BCUT2D eigenvalue weighted by Crippen LogP contribution is -1.88. The number of hydrogen-bond acceptors (Lipinski definition) is 1. The van der Waals surface area contributed by atoms with E-state index in [-0.39, 0.29) is 0 Å². The monoisotopic (exact) mass is 338 g/mol. The quantitative estimate of drug-likeness (QED) is 0.576. The first-order valence-electron chi connectivity index (χ1n) is 6.76. The summed E-state index contributed by atoms with van der Waals surface area (Å²) in [6.45, 7) is 2.07. The zero-order chi connectivity index (χ0) is 14.7. The largest absolute Gasteiger partial charge is 0.323 e. The van der Waals surface area contributed by atoms with Crippen molar-refractivity contribution in [2.45, 2.75) is 6.92 Å². The van der Waals surface area contributed by atoms with E-state index in [0.29, 0.717) is 0 Å². The van der Waals surface area contributed by atoms with Crippen molar-refractivity contribution in [3.8, 4) is 5.69 Å². The summed E-state index contributed by atoms with van der Waals surface area (Å²) in [5.41, 5.74) is 4.38. The predicted octanol–water partition coefficient (Wildman–Crippen LogP) is 5.30. The molecule has 21 heavy (non-hydrogen) atoms. The summed E-state index contributed by atoms with van der Waals surface area (Å²) in [4.78, 5) is 4.54. The maximum atomic E-state index is 4.54. The Morgan fingerprint density at radius 3 is 2.62 bits per heavy atom. The van der Waals surface area contributed by atoms with Gasteiger partial charge in [0.15, 0.2) is 0 Å². The highest BCUT2D eigenvalue weighted by Crippen LogP contribution is 2.26. The van der Waals surface area contributed by atoms with E-state index >= 15 is 0 Å². The van der Waals surface area contributed by atoms with Crippen LogP contribution in [0, 0.1) is 6.92 Å². The van der Waals surface area contributed by atoms with Crippen molar-refractivity contribution in [2.24, 2.45) is 4.99 Å². The van der Waals surface area contributed by atoms with Gasteiger partial charge in [-0.25, -0.2) is 0 Å². The number of aryl methyl sites for hydroxylation is 1. The molecule has 2 aromatic carbocycles. The molecule has 0 atom stereocenters. The van der Waals surface area contributed by atoms with Gasteiger partial charge in [-0.2, -0.15) is 0 Å². The topological polar surface area (TPSA) is 17.3 Å². The molecule has 0 N–H and O–H groups in total. The van der Waals surface area contributed by atoms with E-state index in [9.17, 15) is 0 Å². The van der Waals surface area contributed by atoms with Crippen molar-refractivity contribution in [3.05, 3.63) is 82.6 Å². The number of aromatic nitrogens is 1. The number of para-hydroxylation sites is 1. The van der Waals surface area contributed by atoms with Gasteiger partial charge in [0.1, 0.15) is 0 Å². The van der Waals surface area contributed by atoms with Crippen molar-refractivity contribution in [2.75, 3.05) is 0 Å². The number of nitrogens with zero attached hydrogens (tertiary/aromatic N) is 2. The Balaban J connectivity index is 1.83. The molecule has 1 aromatic heterocycles. The van der Waals surface area contributed by atoms with Crippen LogP contribution in [-0.2, 0) is 0 Å². The highest BCUT2D eigenvalue weighted by molar-refractivity contribution is 9.10. The van der Waals surface area contributed by atoms with Gasteiger partial charge in [0.2, 0.25) is 0 Å². The van der Waals surface area contributed by atoms with Gasteiger partial charge in [-0.15, -0.1) is 0 Å². The smallest absolute Gasteiger partial charge is 0.0772 e. The fraction of sp³-hybridized carbons (Fsp3) is 0.0556. The van der Waals surface area contributed by atoms with E-state index < -0.39 is 0 Å². The lowest BCUT2D eigenvalue weighted by molar-refractivity contribution is 1.08.